The topological polar surface area (TPSA) is 98.1 Å². The lowest BCUT2D eigenvalue weighted by Gasteiger charge is -2.18. The van der Waals surface area contributed by atoms with Gasteiger partial charge in [0.2, 0.25) is 0 Å². The van der Waals surface area contributed by atoms with Crippen molar-refractivity contribution in [2.75, 3.05) is 4.90 Å². The number of aryl methyl sites for hydroxylation is 2. The van der Waals surface area contributed by atoms with E-state index >= 15 is 0 Å². The summed E-state index contributed by atoms with van der Waals surface area (Å²) in [6, 6.07) is 16.6. The minimum Gasteiger partial charge on any atom is -0.504 e. The first-order valence-corrected chi connectivity index (χ1v) is 8.77. The molecule has 4 rings (SSSR count). The van der Waals surface area contributed by atoms with Crippen molar-refractivity contribution in [3.05, 3.63) is 82.9 Å². The van der Waals surface area contributed by atoms with Gasteiger partial charge < -0.3 is 15.3 Å². The number of rotatable bonds is 4. The Morgan fingerprint density at radius 1 is 0.714 bits per heavy atom. The van der Waals surface area contributed by atoms with E-state index in [0.29, 0.717) is 35.2 Å². The number of phenolic OH excluding ortho intramolecular Hbond substituents is 3. The average Bonchev–Trinajstić information content (AvgIpc) is 2.95. The summed E-state index contributed by atoms with van der Waals surface area (Å²) < 4.78 is 0. The predicted molar refractivity (Wildman–Crippen MR) is 103 cm³/mol. The molecule has 140 valence electrons. The van der Waals surface area contributed by atoms with E-state index in [0.717, 1.165) is 5.56 Å². The molecule has 0 radical (unpaired) electrons. The maximum Gasteiger partial charge on any atom is 0.266 e. The Kier molecular flexibility index (Phi) is 4.24. The van der Waals surface area contributed by atoms with E-state index in [-0.39, 0.29) is 11.8 Å². The number of fused-ring (bicyclic) bond motifs is 1. The van der Waals surface area contributed by atoms with Gasteiger partial charge in [0, 0.05) is 0 Å². The van der Waals surface area contributed by atoms with Crippen LogP contribution in [-0.4, -0.2) is 27.1 Å². The molecule has 28 heavy (non-hydrogen) atoms. The van der Waals surface area contributed by atoms with Gasteiger partial charge in [-0.15, -0.1) is 0 Å². The summed E-state index contributed by atoms with van der Waals surface area (Å²) in [7, 11) is 0. The molecule has 0 unspecified atom stereocenters. The molecule has 6 nitrogen and oxygen atoms in total. The van der Waals surface area contributed by atoms with Crippen molar-refractivity contribution in [2.45, 2.75) is 12.8 Å². The number of phenols is 3. The highest BCUT2D eigenvalue weighted by atomic mass is 16.3. The molecule has 1 heterocycles. The third kappa shape index (κ3) is 2.85. The number of benzene rings is 3. The molecule has 2 amide bonds. The van der Waals surface area contributed by atoms with Crippen molar-refractivity contribution < 1.29 is 24.9 Å². The van der Waals surface area contributed by atoms with Gasteiger partial charge in [0.15, 0.2) is 17.2 Å². The van der Waals surface area contributed by atoms with Gasteiger partial charge in [-0.3, -0.25) is 9.59 Å². The molecule has 0 bridgehead atoms. The smallest absolute Gasteiger partial charge is 0.266 e. The molecule has 1 aliphatic heterocycles. The zero-order valence-electron chi connectivity index (χ0n) is 14.8. The van der Waals surface area contributed by atoms with Gasteiger partial charge in [-0.05, 0) is 54.3 Å². The lowest BCUT2D eigenvalue weighted by Crippen LogP contribution is -2.30. The summed E-state index contributed by atoms with van der Waals surface area (Å²) in [4.78, 5) is 26.7. The van der Waals surface area contributed by atoms with E-state index in [1.165, 1.54) is 17.0 Å². The van der Waals surface area contributed by atoms with Gasteiger partial charge in [-0.1, -0.05) is 30.3 Å². The van der Waals surface area contributed by atoms with E-state index in [1.807, 2.05) is 12.1 Å². The summed E-state index contributed by atoms with van der Waals surface area (Å²) in [5, 5.41) is 28.8. The number of nitrogens with zero attached hydrogens (tertiary/aromatic N) is 1. The molecule has 3 aromatic carbocycles. The van der Waals surface area contributed by atoms with Crippen LogP contribution < -0.4 is 4.90 Å². The molecular formula is C22H17NO5. The largest absolute Gasteiger partial charge is 0.504 e. The highest BCUT2D eigenvalue weighted by Gasteiger charge is 2.37. The molecule has 0 aliphatic carbocycles. The zero-order chi connectivity index (χ0) is 19.8. The summed E-state index contributed by atoms with van der Waals surface area (Å²) >= 11 is 0. The lowest BCUT2D eigenvalue weighted by atomic mass is 10.0. The number of para-hydroxylation sites is 1. The molecule has 0 fully saturated rings. The second-order valence-corrected chi connectivity index (χ2v) is 6.60. The molecule has 1 aliphatic rings. The first-order chi connectivity index (χ1) is 13.5. The monoisotopic (exact) mass is 375 g/mol. The first-order valence-electron chi connectivity index (χ1n) is 8.77. The minimum absolute atomic E-state index is 0.354. The maximum absolute atomic E-state index is 12.8. The molecule has 0 saturated heterocycles. The van der Waals surface area contributed by atoms with Gasteiger partial charge in [-0.25, -0.2) is 4.90 Å². The second kappa shape index (κ2) is 6.74. The molecular weight excluding hydrogens is 358 g/mol. The Balaban J connectivity index is 1.64. The van der Waals surface area contributed by atoms with Crippen LogP contribution in [-0.2, 0) is 12.8 Å². The maximum atomic E-state index is 12.8. The lowest BCUT2D eigenvalue weighted by molar-refractivity contribution is 0.0926. The number of aromatic hydroxyl groups is 3. The van der Waals surface area contributed by atoms with Crippen LogP contribution in [0.4, 0.5) is 5.69 Å². The quantitative estimate of drug-likeness (QED) is 0.480. The van der Waals surface area contributed by atoms with E-state index in [9.17, 15) is 24.9 Å². The number of hydrogen-bond donors (Lipinski definition) is 3. The van der Waals surface area contributed by atoms with E-state index in [4.69, 9.17) is 0 Å². The standard InChI is InChI=1S/C22H17NO5/c24-18-11-13(12-19(25)20(18)26)9-10-14-5-1-4-8-17(14)23-21(27)15-6-2-3-7-16(15)22(23)28/h1-8,11-12,24-26H,9-10H2. The Labute approximate surface area is 160 Å². The van der Waals surface area contributed by atoms with Gasteiger partial charge in [0.25, 0.3) is 11.8 Å². The average molecular weight is 375 g/mol. The highest BCUT2D eigenvalue weighted by Crippen LogP contribution is 2.36. The fraction of sp³-hybridized carbons (Fsp3) is 0.0909. The van der Waals surface area contributed by atoms with Crippen LogP contribution in [0.25, 0.3) is 0 Å². The van der Waals surface area contributed by atoms with Gasteiger partial charge in [-0.2, -0.15) is 0 Å². The van der Waals surface area contributed by atoms with E-state index < -0.39 is 17.2 Å². The van der Waals surface area contributed by atoms with Crippen LogP contribution in [0.1, 0.15) is 31.8 Å². The van der Waals surface area contributed by atoms with Crippen molar-refractivity contribution in [1.29, 1.82) is 0 Å². The molecule has 0 atom stereocenters. The Bertz CT molecular complexity index is 1050. The fourth-order valence-electron chi connectivity index (χ4n) is 3.43. The van der Waals surface area contributed by atoms with Crippen LogP contribution in [0.3, 0.4) is 0 Å². The van der Waals surface area contributed by atoms with Gasteiger partial charge >= 0.3 is 0 Å². The summed E-state index contributed by atoms with van der Waals surface area (Å²) in [6.07, 6.45) is 0.898. The van der Waals surface area contributed by atoms with Crippen LogP contribution >= 0.6 is 0 Å². The van der Waals surface area contributed by atoms with Gasteiger partial charge in [0.1, 0.15) is 0 Å². The number of carbonyl (C=O) groups excluding carboxylic acids is 2. The molecule has 3 N–H and O–H groups in total. The number of carbonyl (C=O) groups is 2. The highest BCUT2D eigenvalue weighted by molar-refractivity contribution is 6.34. The number of anilines is 1. The van der Waals surface area contributed by atoms with E-state index in [2.05, 4.69) is 0 Å². The molecule has 0 saturated carbocycles. The summed E-state index contributed by atoms with van der Waals surface area (Å²) in [5.74, 6) is -2.07. The van der Waals surface area contributed by atoms with Crippen LogP contribution in [0.15, 0.2) is 60.7 Å². The normalized spacial score (nSPS) is 13.1. The van der Waals surface area contributed by atoms with Crippen LogP contribution in [0.2, 0.25) is 0 Å². The fourth-order valence-corrected chi connectivity index (χ4v) is 3.43. The molecule has 0 spiro atoms. The summed E-state index contributed by atoms with van der Waals surface area (Å²) in [5.41, 5.74) is 2.68. The van der Waals surface area contributed by atoms with Crippen molar-refractivity contribution in [3.63, 3.8) is 0 Å². The van der Waals surface area contributed by atoms with E-state index in [1.54, 1.807) is 36.4 Å². The Hall–Kier alpha value is -3.80. The summed E-state index contributed by atoms with van der Waals surface area (Å²) in [6.45, 7) is 0. The SMILES string of the molecule is O=C1c2ccccc2C(=O)N1c1ccccc1CCc1cc(O)c(O)c(O)c1. The van der Waals surface area contributed by atoms with Crippen LogP contribution in [0.5, 0.6) is 17.2 Å². The zero-order valence-corrected chi connectivity index (χ0v) is 14.8. The van der Waals surface area contributed by atoms with Crippen molar-refractivity contribution in [1.82, 2.24) is 0 Å². The molecule has 6 heteroatoms. The van der Waals surface area contributed by atoms with Crippen LogP contribution in [0, 0.1) is 0 Å². The Morgan fingerprint density at radius 3 is 1.86 bits per heavy atom. The Morgan fingerprint density at radius 2 is 1.25 bits per heavy atom. The second-order valence-electron chi connectivity index (χ2n) is 6.60. The van der Waals surface area contributed by atoms with Gasteiger partial charge in [0.05, 0.1) is 16.8 Å². The third-order valence-electron chi connectivity index (χ3n) is 4.84. The molecule has 3 aromatic rings. The van der Waals surface area contributed by atoms with Crippen molar-refractivity contribution >= 4 is 17.5 Å². The third-order valence-corrected chi connectivity index (χ3v) is 4.84. The van der Waals surface area contributed by atoms with Crippen molar-refractivity contribution in [2.24, 2.45) is 0 Å². The number of amides is 2. The predicted octanol–water partition coefficient (Wildman–Crippen LogP) is 3.39. The van der Waals surface area contributed by atoms with Crippen molar-refractivity contribution in [3.8, 4) is 17.2 Å². The number of hydrogen-bond acceptors (Lipinski definition) is 5. The first kappa shape index (κ1) is 17.6. The minimum atomic E-state index is -0.560. The number of imide groups is 1. The molecule has 0 aromatic heterocycles.